The van der Waals surface area contributed by atoms with Crippen molar-refractivity contribution in [2.24, 2.45) is 5.92 Å². The highest BCUT2D eigenvalue weighted by Gasteiger charge is 2.26. The molecular formula is C14H18ClN3O3. The Hall–Kier alpha value is -1.66. The van der Waals surface area contributed by atoms with E-state index in [1.165, 1.54) is 18.2 Å². The average molecular weight is 312 g/mol. The fourth-order valence-electron chi connectivity index (χ4n) is 2.51. The monoisotopic (exact) mass is 311 g/mol. The van der Waals surface area contributed by atoms with Gasteiger partial charge in [-0.15, -0.1) is 0 Å². The minimum Gasteiger partial charge on any atom is -0.323 e. The van der Waals surface area contributed by atoms with Crippen LogP contribution in [0, 0.1) is 16.0 Å². The number of nitro groups is 1. The lowest BCUT2D eigenvalue weighted by Gasteiger charge is -2.28. The fourth-order valence-corrected chi connectivity index (χ4v) is 2.67. The number of carbonyl (C=O) groups is 1. The first kappa shape index (κ1) is 15.7. The van der Waals surface area contributed by atoms with Gasteiger partial charge in [0.05, 0.1) is 21.7 Å². The van der Waals surface area contributed by atoms with Crippen LogP contribution in [0.5, 0.6) is 0 Å². The molecule has 0 aliphatic carbocycles. The molecule has 114 valence electrons. The highest BCUT2D eigenvalue weighted by atomic mass is 35.5. The van der Waals surface area contributed by atoms with E-state index in [4.69, 9.17) is 11.6 Å². The molecular weight excluding hydrogens is 294 g/mol. The summed E-state index contributed by atoms with van der Waals surface area (Å²) < 4.78 is 0. The van der Waals surface area contributed by atoms with Gasteiger partial charge >= 0.3 is 0 Å². The first-order valence-corrected chi connectivity index (χ1v) is 7.37. The molecule has 1 aliphatic heterocycles. The Balaban J connectivity index is 2.08. The molecule has 0 aromatic heterocycles. The maximum absolute atomic E-state index is 12.3. The standard InChI is InChI=1S/C14H18ClN3O3/c1-2-9-5-6-16-13(7-9)14(19)17-12-8-10(18(20)21)3-4-11(12)15/h3-4,8-9,13,16H,2,5-7H2,1H3,(H,17,19). The van der Waals surface area contributed by atoms with E-state index in [2.05, 4.69) is 17.6 Å². The quantitative estimate of drug-likeness (QED) is 0.661. The molecule has 1 heterocycles. The van der Waals surface area contributed by atoms with E-state index in [0.717, 1.165) is 25.8 Å². The van der Waals surface area contributed by atoms with E-state index in [9.17, 15) is 14.9 Å². The number of halogens is 1. The molecule has 2 N–H and O–H groups in total. The number of carbonyl (C=O) groups excluding carboxylic acids is 1. The molecule has 0 bridgehead atoms. The van der Waals surface area contributed by atoms with Gasteiger partial charge in [0.2, 0.25) is 5.91 Å². The van der Waals surface area contributed by atoms with Crippen molar-refractivity contribution >= 4 is 28.9 Å². The molecule has 2 unspecified atom stereocenters. The largest absolute Gasteiger partial charge is 0.323 e. The number of nitrogens with one attached hydrogen (secondary N) is 2. The van der Waals surface area contributed by atoms with Gasteiger partial charge in [0.15, 0.2) is 0 Å². The zero-order valence-corrected chi connectivity index (χ0v) is 12.5. The number of rotatable bonds is 4. The lowest BCUT2D eigenvalue weighted by Crippen LogP contribution is -2.46. The lowest BCUT2D eigenvalue weighted by atomic mass is 9.90. The molecule has 1 aliphatic rings. The number of hydrogen-bond donors (Lipinski definition) is 2. The van der Waals surface area contributed by atoms with Crippen LogP contribution >= 0.6 is 11.6 Å². The predicted molar refractivity (Wildman–Crippen MR) is 81.5 cm³/mol. The van der Waals surface area contributed by atoms with Crippen LogP contribution in [-0.4, -0.2) is 23.4 Å². The maximum Gasteiger partial charge on any atom is 0.271 e. The van der Waals surface area contributed by atoms with Crippen molar-refractivity contribution in [2.45, 2.75) is 32.2 Å². The second-order valence-corrected chi connectivity index (χ2v) is 5.62. The van der Waals surface area contributed by atoms with E-state index in [-0.39, 0.29) is 28.3 Å². The Bertz CT molecular complexity index is 550. The summed E-state index contributed by atoms with van der Waals surface area (Å²) in [6, 6.07) is 3.72. The SMILES string of the molecule is CCC1CCNC(C(=O)Nc2cc([N+](=O)[O-])ccc2Cl)C1. The van der Waals surface area contributed by atoms with E-state index in [0.29, 0.717) is 5.92 Å². The number of amides is 1. The Kier molecular flexibility index (Phi) is 5.14. The van der Waals surface area contributed by atoms with Crippen LogP contribution in [0.3, 0.4) is 0 Å². The second-order valence-electron chi connectivity index (χ2n) is 5.22. The molecule has 1 amide bonds. The molecule has 2 rings (SSSR count). The Labute approximate surface area is 128 Å². The Morgan fingerprint density at radius 2 is 2.33 bits per heavy atom. The minimum absolute atomic E-state index is 0.0993. The number of nitrogens with zero attached hydrogens (tertiary/aromatic N) is 1. The van der Waals surface area contributed by atoms with Crippen molar-refractivity contribution in [1.29, 1.82) is 0 Å². The number of nitro benzene ring substituents is 1. The molecule has 0 radical (unpaired) electrons. The van der Waals surface area contributed by atoms with Crippen LogP contribution in [0.25, 0.3) is 0 Å². The van der Waals surface area contributed by atoms with E-state index >= 15 is 0 Å². The van der Waals surface area contributed by atoms with Gasteiger partial charge in [-0.1, -0.05) is 24.9 Å². The maximum atomic E-state index is 12.3. The highest BCUT2D eigenvalue weighted by Crippen LogP contribution is 2.27. The number of non-ortho nitro benzene ring substituents is 1. The van der Waals surface area contributed by atoms with Crippen molar-refractivity contribution in [3.05, 3.63) is 33.3 Å². The molecule has 0 spiro atoms. The minimum atomic E-state index is -0.516. The zero-order valence-electron chi connectivity index (χ0n) is 11.8. The summed E-state index contributed by atoms with van der Waals surface area (Å²) in [6.45, 7) is 2.92. The van der Waals surface area contributed by atoms with Crippen LogP contribution < -0.4 is 10.6 Å². The molecule has 1 aromatic rings. The van der Waals surface area contributed by atoms with Gasteiger partial charge in [-0.3, -0.25) is 14.9 Å². The van der Waals surface area contributed by atoms with Crippen LogP contribution in [0.4, 0.5) is 11.4 Å². The molecule has 1 saturated heterocycles. The Morgan fingerprint density at radius 3 is 3.00 bits per heavy atom. The Morgan fingerprint density at radius 1 is 1.57 bits per heavy atom. The second kappa shape index (κ2) is 6.87. The number of hydrogen-bond acceptors (Lipinski definition) is 4. The third kappa shape index (κ3) is 3.92. The summed E-state index contributed by atoms with van der Waals surface area (Å²) in [5, 5.41) is 16.9. The van der Waals surface area contributed by atoms with Crippen molar-refractivity contribution < 1.29 is 9.72 Å². The third-order valence-electron chi connectivity index (χ3n) is 3.82. The van der Waals surface area contributed by atoms with E-state index < -0.39 is 4.92 Å². The average Bonchev–Trinajstić information content (AvgIpc) is 2.49. The lowest BCUT2D eigenvalue weighted by molar-refractivity contribution is -0.384. The molecule has 1 fully saturated rings. The van der Waals surface area contributed by atoms with Gasteiger partial charge in [0.1, 0.15) is 0 Å². The summed E-state index contributed by atoms with van der Waals surface area (Å²) >= 11 is 5.98. The fraction of sp³-hybridized carbons (Fsp3) is 0.500. The summed E-state index contributed by atoms with van der Waals surface area (Å²) in [4.78, 5) is 22.5. The summed E-state index contributed by atoms with van der Waals surface area (Å²) in [5.74, 6) is 0.332. The van der Waals surface area contributed by atoms with Crippen molar-refractivity contribution in [3.8, 4) is 0 Å². The summed E-state index contributed by atoms with van der Waals surface area (Å²) in [5.41, 5.74) is 0.175. The van der Waals surface area contributed by atoms with Crippen LogP contribution in [0.2, 0.25) is 5.02 Å². The zero-order chi connectivity index (χ0) is 15.4. The predicted octanol–water partition coefficient (Wildman–Crippen LogP) is 2.96. The smallest absolute Gasteiger partial charge is 0.271 e. The van der Waals surface area contributed by atoms with Crippen LogP contribution in [0.15, 0.2) is 18.2 Å². The normalized spacial score (nSPS) is 21.8. The summed E-state index contributed by atoms with van der Waals surface area (Å²) in [6.07, 6.45) is 2.88. The van der Waals surface area contributed by atoms with Gasteiger partial charge in [0, 0.05) is 12.1 Å². The molecule has 2 atom stereocenters. The van der Waals surface area contributed by atoms with Crippen LogP contribution in [-0.2, 0) is 4.79 Å². The number of piperidine rings is 1. The van der Waals surface area contributed by atoms with Gasteiger partial charge in [-0.25, -0.2) is 0 Å². The van der Waals surface area contributed by atoms with Gasteiger partial charge < -0.3 is 10.6 Å². The van der Waals surface area contributed by atoms with E-state index in [1.54, 1.807) is 0 Å². The topological polar surface area (TPSA) is 84.3 Å². The molecule has 0 saturated carbocycles. The number of benzene rings is 1. The number of anilines is 1. The van der Waals surface area contributed by atoms with Crippen molar-refractivity contribution in [3.63, 3.8) is 0 Å². The van der Waals surface area contributed by atoms with Gasteiger partial charge in [-0.2, -0.15) is 0 Å². The van der Waals surface area contributed by atoms with E-state index in [1.807, 2.05) is 0 Å². The molecule has 21 heavy (non-hydrogen) atoms. The summed E-state index contributed by atoms with van der Waals surface area (Å²) in [7, 11) is 0. The van der Waals surface area contributed by atoms with Crippen molar-refractivity contribution in [2.75, 3.05) is 11.9 Å². The molecule has 6 nitrogen and oxygen atoms in total. The first-order chi connectivity index (χ1) is 10.0. The molecule has 7 heteroatoms. The van der Waals surface area contributed by atoms with Gasteiger partial charge in [-0.05, 0) is 31.4 Å². The van der Waals surface area contributed by atoms with Crippen molar-refractivity contribution in [1.82, 2.24) is 5.32 Å². The third-order valence-corrected chi connectivity index (χ3v) is 4.15. The molecule has 1 aromatic carbocycles. The van der Waals surface area contributed by atoms with Gasteiger partial charge in [0.25, 0.3) is 5.69 Å². The first-order valence-electron chi connectivity index (χ1n) is 6.99. The highest BCUT2D eigenvalue weighted by molar-refractivity contribution is 6.33. The van der Waals surface area contributed by atoms with Crippen LogP contribution in [0.1, 0.15) is 26.2 Å².